The number of aryl methyl sites for hydroxylation is 4. The molecule has 0 radical (unpaired) electrons. The van der Waals surface area contributed by atoms with Gasteiger partial charge in [-0.2, -0.15) is 0 Å². The van der Waals surface area contributed by atoms with E-state index in [1.807, 2.05) is 52.0 Å². The Bertz CT molecular complexity index is 1900. The Balaban J connectivity index is 0. The van der Waals surface area contributed by atoms with Crippen LogP contribution in [0.1, 0.15) is 191 Å². The number of carbonyl (C=O) groups is 2. The van der Waals surface area contributed by atoms with E-state index in [0.29, 0.717) is 34.5 Å². The summed E-state index contributed by atoms with van der Waals surface area (Å²) in [5.41, 5.74) is 12.4. The van der Waals surface area contributed by atoms with E-state index in [-0.39, 0.29) is 44.6 Å². The number of esters is 2. The van der Waals surface area contributed by atoms with Crippen LogP contribution in [0.15, 0.2) is 60.7 Å². The highest BCUT2D eigenvalue weighted by atomic mass is 16.5. The van der Waals surface area contributed by atoms with Gasteiger partial charge in [0.1, 0.15) is 11.5 Å². The molecule has 0 atom stereocenters. The minimum atomic E-state index is -0.424. The highest BCUT2D eigenvalue weighted by Gasteiger charge is 2.31. The van der Waals surface area contributed by atoms with E-state index in [9.17, 15) is 9.59 Å². The molecule has 4 aliphatic rings. The van der Waals surface area contributed by atoms with Gasteiger partial charge >= 0.3 is 11.9 Å². The molecule has 0 bridgehead atoms. The average molecular weight is 767 g/mol. The van der Waals surface area contributed by atoms with Gasteiger partial charge in [-0.1, -0.05) is 150 Å². The lowest BCUT2D eigenvalue weighted by atomic mass is 9.81. The van der Waals surface area contributed by atoms with Crippen molar-refractivity contribution in [1.29, 1.82) is 0 Å². The number of carbonyl (C=O) groups excluding carboxylic acids is 2. The lowest BCUT2D eigenvalue weighted by Crippen LogP contribution is -2.21. The molecule has 0 heterocycles. The van der Waals surface area contributed by atoms with Crippen LogP contribution in [0.25, 0.3) is 22.3 Å². The second kappa shape index (κ2) is 19.6. The Morgan fingerprint density at radius 1 is 0.464 bits per heavy atom. The van der Waals surface area contributed by atoms with Crippen molar-refractivity contribution in [1.82, 2.24) is 0 Å². The van der Waals surface area contributed by atoms with E-state index in [1.165, 1.54) is 11.1 Å². The van der Waals surface area contributed by atoms with Crippen molar-refractivity contribution in [2.45, 2.75) is 164 Å². The Hall–Kier alpha value is -4.44. The number of ether oxygens (including phenoxy) is 2. The third kappa shape index (κ3) is 10.5. The number of fused-ring (bicyclic) bond motifs is 2. The van der Waals surface area contributed by atoms with Gasteiger partial charge in [0.15, 0.2) is 0 Å². The molecule has 0 aliphatic heterocycles. The summed E-state index contributed by atoms with van der Waals surface area (Å²) in [6, 6.07) is 20.6. The molecule has 0 saturated carbocycles. The molecule has 5 rings (SSSR count). The summed E-state index contributed by atoms with van der Waals surface area (Å²) in [4.78, 5) is 28.3. The topological polar surface area (TPSA) is 52.6 Å². The summed E-state index contributed by atoms with van der Waals surface area (Å²) in [6.07, 6.45) is 0. The van der Waals surface area contributed by atoms with Crippen LogP contribution in [0.3, 0.4) is 0 Å². The third-order valence-corrected chi connectivity index (χ3v) is 9.99. The standard InChI is InChI=1S/C46H54O4.6CH4/c1-25(2)31-17-15-27(5)41-33(21-31)29(7)19-35(41)43(47)49-39-23-38(46(12,13)14)40(24-37(39)45(9,10)11)50-44(48)36-20-30(8)34-22-32(26(3)4)18-16-28(6)42(34)36;;;;;;/h15-26H,1-14H3;6*1H4. The van der Waals surface area contributed by atoms with Crippen LogP contribution in [-0.2, 0) is 10.8 Å². The summed E-state index contributed by atoms with van der Waals surface area (Å²) in [7, 11) is 0. The van der Waals surface area contributed by atoms with Crippen molar-refractivity contribution < 1.29 is 19.1 Å². The number of hydrogen-bond donors (Lipinski definition) is 0. The molecular weight excluding hydrogens is 689 g/mol. The van der Waals surface area contributed by atoms with Gasteiger partial charge in [0.25, 0.3) is 0 Å². The smallest absolute Gasteiger partial charge is 0.344 e. The van der Waals surface area contributed by atoms with Gasteiger partial charge in [-0.15, -0.1) is 0 Å². The molecule has 0 unspecified atom stereocenters. The van der Waals surface area contributed by atoms with E-state index in [1.54, 1.807) is 0 Å². The molecule has 0 N–H and O–H groups in total. The lowest BCUT2D eigenvalue weighted by Gasteiger charge is -2.28. The molecule has 56 heavy (non-hydrogen) atoms. The fraction of sp³-hybridized carbons (Fsp3) is 0.462. The molecule has 4 heteroatoms. The predicted octanol–water partition coefficient (Wildman–Crippen LogP) is 16.2. The van der Waals surface area contributed by atoms with Crippen LogP contribution in [0.5, 0.6) is 11.5 Å². The Morgan fingerprint density at radius 3 is 1.04 bits per heavy atom. The molecule has 310 valence electrons. The SMILES string of the molecule is C.C.C.C.C.C.Cc1cc(C(=O)Oc2cc(C(C)(C)C)c(OC(=O)c3cc(C)c4cc(C(C)C)ccc(C)c3-4)cc2C(C)(C)C)c2c(C)ccc(C(C)C)cc1-2. The van der Waals surface area contributed by atoms with Crippen molar-refractivity contribution in [3.8, 4) is 33.8 Å². The van der Waals surface area contributed by atoms with Gasteiger partial charge in [-0.25, -0.2) is 9.59 Å². The zero-order valence-electron chi connectivity index (χ0n) is 32.6. The molecular formula is C52H78O4. The Kier molecular flexibility index (Phi) is 18.8. The lowest BCUT2D eigenvalue weighted by molar-refractivity contribution is 0.0715. The fourth-order valence-corrected chi connectivity index (χ4v) is 6.93. The minimum Gasteiger partial charge on any atom is -0.423 e. The fourth-order valence-electron chi connectivity index (χ4n) is 6.93. The normalized spacial score (nSPS) is 11.0. The molecule has 4 nitrogen and oxygen atoms in total. The van der Waals surface area contributed by atoms with Crippen LogP contribution in [0.2, 0.25) is 0 Å². The zero-order valence-corrected chi connectivity index (χ0v) is 32.6. The first kappa shape index (κ1) is 53.7. The maximum absolute atomic E-state index is 14.1. The maximum atomic E-state index is 14.1. The van der Waals surface area contributed by atoms with E-state index in [2.05, 4.69) is 106 Å². The van der Waals surface area contributed by atoms with Gasteiger partial charge in [0.2, 0.25) is 0 Å². The Labute approximate surface area is 344 Å². The van der Waals surface area contributed by atoms with Crippen LogP contribution in [-0.4, -0.2) is 11.9 Å². The molecule has 0 saturated heterocycles. The summed E-state index contributed by atoms with van der Waals surface area (Å²) >= 11 is 0. The first-order chi connectivity index (χ1) is 23.2. The summed E-state index contributed by atoms with van der Waals surface area (Å²) < 4.78 is 12.7. The van der Waals surface area contributed by atoms with Crippen molar-refractivity contribution in [3.63, 3.8) is 0 Å². The molecule has 0 amide bonds. The average Bonchev–Trinajstić information content (AvgIpc) is 3.36. The second-order valence-corrected chi connectivity index (χ2v) is 16.8. The van der Waals surface area contributed by atoms with Gasteiger partial charge in [0.05, 0.1) is 11.1 Å². The molecule has 0 aromatic heterocycles. The van der Waals surface area contributed by atoms with E-state index in [4.69, 9.17) is 9.47 Å². The molecule has 1 aromatic carbocycles. The number of benzene rings is 1. The van der Waals surface area contributed by atoms with Gasteiger partial charge < -0.3 is 9.47 Å². The quantitative estimate of drug-likeness (QED) is 0.128. The minimum absolute atomic E-state index is 0. The van der Waals surface area contributed by atoms with Gasteiger partial charge in [-0.3, -0.25) is 0 Å². The van der Waals surface area contributed by atoms with Crippen LogP contribution < -0.4 is 9.47 Å². The van der Waals surface area contributed by atoms with Gasteiger partial charge in [-0.05, 0) is 130 Å². The van der Waals surface area contributed by atoms with E-state index in [0.717, 1.165) is 55.6 Å². The summed E-state index contributed by atoms with van der Waals surface area (Å²) in [5, 5.41) is 0. The van der Waals surface area contributed by atoms with E-state index >= 15 is 0 Å². The third-order valence-electron chi connectivity index (χ3n) is 9.99. The molecule has 4 aliphatic carbocycles. The largest absolute Gasteiger partial charge is 0.423 e. The van der Waals surface area contributed by atoms with Crippen LogP contribution in [0, 0.1) is 27.7 Å². The zero-order chi connectivity index (χ0) is 37.0. The predicted molar refractivity (Wildman–Crippen MR) is 247 cm³/mol. The van der Waals surface area contributed by atoms with E-state index < -0.39 is 22.8 Å². The summed E-state index contributed by atoms with van der Waals surface area (Å²) in [5.74, 6) is 0.860. The Morgan fingerprint density at radius 2 is 0.768 bits per heavy atom. The summed E-state index contributed by atoms with van der Waals surface area (Å²) in [6.45, 7) is 29.4. The number of hydrogen-bond acceptors (Lipinski definition) is 4. The highest BCUT2D eigenvalue weighted by molar-refractivity contribution is 6.03. The van der Waals surface area contributed by atoms with Crippen LogP contribution >= 0.6 is 0 Å². The second-order valence-electron chi connectivity index (χ2n) is 16.8. The van der Waals surface area contributed by atoms with Crippen molar-refractivity contribution >= 4 is 11.9 Å². The van der Waals surface area contributed by atoms with Gasteiger partial charge in [0, 0.05) is 11.1 Å². The molecule has 1 aromatic rings. The first-order valence-electron chi connectivity index (χ1n) is 17.9. The number of rotatable bonds is 6. The van der Waals surface area contributed by atoms with Crippen molar-refractivity contribution in [3.05, 3.63) is 116 Å². The maximum Gasteiger partial charge on any atom is 0.344 e. The first-order valence-corrected chi connectivity index (χ1v) is 17.9. The monoisotopic (exact) mass is 767 g/mol. The van der Waals surface area contributed by atoms with Crippen molar-refractivity contribution in [2.24, 2.45) is 0 Å². The molecule has 0 spiro atoms. The highest BCUT2D eigenvalue weighted by Crippen LogP contribution is 2.44. The van der Waals surface area contributed by atoms with Crippen molar-refractivity contribution in [2.75, 3.05) is 0 Å². The molecule has 0 fully saturated rings. The van der Waals surface area contributed by atoms with Crippen LogP contribution in [0.4, 0.5) is 0 Å².